The standard InChI is InChI=1S/C19H19NO4/c1-23-14-7-3-6-13(12-14)18(21)20-11-5-9-15-16(19(22)24-2)8-4-10-17(15)20/h3-4,6-8,10,12H,5,9,11H2,1-2H3. The Morgan fingerprint density at radius 2 is 1.88 bits per heavy atom. The Hall–Kier alpha value is -2.82. The number of hydrogen-bond donors (Lipinski definition) is 0. The number of hydrogen-bond acceptors (Lipinski definition) is 4. The van der Waals surface area contributed by atoms with Crippen LogP contribution in [0, 0.1) is 0 Å². The molecule has 0 bridgehead atoms. The van der Waals surface area contributed by atoms with Crippen LogP contribution >= 0.6 is 0 Å². The van der Waals surface area contributed by atoms with Gasteiger partial charge in [-0.2, -0.15) is 0 Å². The van der Waals surface area contributed by atoms with Crippen LogP contribution in [0.3, 0.4) is 0 Å². The van der Waals surface area contributed by atoms with Crippen molar-refractivity contribution in [2.45, 2.75) is 12.8 Å². The van der Waals surface area contributed by atoms with E-state index in [1.54, 1.807) is 48.4 Å². The van der Waals surface area contributed by atoms with Crippen LogP contribution in [-0.4, -0.2) is 32.6 Å². The molecule has 0 aromatic heterocycles. The van der Waals surface area contributed by atoms with Gasteiger partial charge in [0.05, 0.1) is 19.8 Å². The largest absolute Gasteiger partial charge is 0.497 e. The lowest BCUT2D eigenvalue weighted by atomic mass is 9.95. The van der Waals surface area contributed by atoms with Gasteiger partial charge in [0.15, 0.2) is 0 Å². The topological polar surface area (TPSA) is 55.8 Å². The maximum Gasteiger partial charge on any atom is 0.338 e. The van der Waals surface area contributed by atoms with E-state index in [0.717, 1.165) is 24.1 Å². The summed E-state index contributed by atoms with van der Waals surface area (Å²) < 4.78 is 10.0. The first-order valence-electron chi connectivity index (χ1n) is 7.82. The average molecular weight is 325 g/mol. The summed E-state index contributed by atoms with van der Waals surface area (Å²) >= 11 is 0. The highest BCUT2D eigenvalue weighted by Gasteiger charge is 2.27. The fraction of sp³-hybridized carbons (Fsp3) is 0.263. The van der Waals surface area contributed by atoms with Crippen LogP contribution in [0.1, 0.15) is 32.7 Å². The molecule has 3 rings (SSSR count). The molecule has 124 valence electrons. The SMILES string of the molecule is COC(=O)c1cccc2c1CCCN2C(=O)c1cccc(OC)c1. The molecule has 1 heterocycles. The number of ether oxygens (including phenoxy) is 2. The van der Waals surface area contributed by atoms with Crippen molar-refractivity contribution in [3.05, 3.63) is 59.2 Å². The number of carbonyl (C=O) groups excluding carboxylic acids is 2. The first-order chi connectivity index (χ1) is 11.7. The lowest BCUT2D eigenvalue weighted by Gasteiger charge is -2.30. The van der Waals surface area contributed by atoms with E-state index >= 15 is 0 Å². The molecule has 1 aliphatic rings. The van der Waals surface area contributed by atoms with Crippen molar-refractivity contribution in [1.82, 2.24) is 0 Å². The highest BCUT2D eigenvalue weighted by molar-refractivity contribution is 6.08. The van der Waals surface area contributed by atoms with Gasteiger partial charge in [-0.3, -0.25) is 4.79 Å². The van der Waals surface area contributed by atoms with Crippen molar-refractivity contribution >= 4 is 17.6 Å². The summed E-state index contributed by atoms with van der Waals surface area (Å²) in [4.78, 5) is 26.6. The summed E-state index contributed by atoms with van der Waals surface area (Å²) in [6, 6.07) is 12.5. The van der Waals surface area contributed by atoms with Crippen molar-refractivity contribution < 1.29 is 19.1 Å². The molecule has 24 heavy (non-hydrogen) atoms. The Morgan fingerprint density at radius 1 is 1.08 bits per heavy atom. The Bertz CT molecular complexity index is 785. The summed E-state index contributed by atoms with van der Waals surface area (Å²) in [6.45, 7) is 0.619. The molecule has 0 N–H and O–H groups in total. The summed E-state index contributed by atoms with van der Waals surface area (Å²) in [6.07, 6.45) is 1.55. The summed E-state index contributed by atoms with van der Waals surface area (Å²) in [5, 5.41) is 0. The molecule has 0 aliphatic carbocycles. The van der Waals surface area contributed by atoms with Crippen LogP contribution in [0.2, 0.25) is 0 Å². The molecular weight excluding hydrogens is 306 g/mol. The molecule has 0 fully saturated rings. The summed E-state index contributed by atoms with van der Waals surface area (Å²) in [7, 11) is 2.94. The molecule has 0 unspecified atom stereocenters. The molecule has 0 radical (unpaired) electrons. The van der Waals surface area contributed by atoms with Crippen molar-refractivity contribution in [1.29, 1.82) is 0 Å². The third-order valence-corrected chi connectivity index (χ3v) is 4.22. The van der Waals surface area contributed by atoms with Crippen LogP contribution in [-0.2, 0) is 11.2 Å². The number of methoxy groups -OCH3 is 2. The number of fused-ring (bicyclic) bond motifs is 1. The molecule has 0 saturated carbocycles. The maximum absolute atomic E-state index is 12.9. The average Bonchev–Trinajstić information content (AvgIpc) is 2.65. The van der Waals surface area contributed by atoms with Gasteiger partial charge in [0.2, 0.25) is 0 Å². The molecule has 0 atom stereocenters. The zero-order valence-corrected chi connectivity index (χ0v) is 13.7. The monoisotopic (exact) mass is 325 g/mol. The Labute approximate surface area is 140 Å². The van der Waals surface area contributed by atoms with Gasteiger partial charge in [0.25, 0.3) is 5.91 Å². The van der Waals surface area contributed by atoms with Crippen LogP contribution in [0.15, 0.2) is 42.5 Å². The lowest BCUT2D eigenvalue weighted by molar-refractivity contribution is 0.0599. The van der Waals surface area contributed by atoms with Crippen molar-refractivity contribution in [3.8, 4) is 5.75 Å². The van der Waals surface area contributed by atoms with Gasteiger partial charge in [-0.25, -0.2) is 4.79 Å². The van der Waals surface area contributed by atoms with Crippen molar-refractivity contribution in [2.24, 2.45) is 0 Å². The van der Waals surface area contributed by atoms with E-state index in [-0.39, 0.29) is 11.9 Å². The van der Waals surface area contributed by atoms with Crippen LogP contribution in [0.25, 0.3) is 0 Å². The molecular formula is C19H19NO4. The third-order valence-electron chi connectivity index (χ3n) is 4.22. The number of nitrogens with zero attached hydrogens (tertiary/aromatic N) is 1. The fourth-order valence-corrected chi connectivity index (χ4v) is 3.05. The van der Waals surface area contributed by atoms with E-state index in [1.807, 2.05) is 6.07 Å². The Balaban J connectivity index is 2.00. The molecule has 1 amide bonds. The molecule has 5 heteroatoms. The summed E-state index contributed by atoms with van der Waals surface area (Å²) in [5.74, 6) is 0.167. The van der Waals surface area contributed by atoms with Gasteiger partial charge >= 0.3 is 5.97 Å². The van der Waals surface area contributed by atoms with E-state index in [0.29, 0.717) is 23.4 Å². The van der Waals surface area contributed by atoms with Crippen LogP contribution in [0.4, 0.5) is 5.69 Å². The minimum Gasteiger partial charge on any atom is -0.497 e. The van der Waals surface area contributed by atoms with E-state index in [9.17, 15) is 9.59 Å². The van der Waals surface area contributed by atoms with E-state index in [4.69, 9.17) is 9.47 Å². The summed E-state index contributed by atoms with van der Waals surface area (Å²) in [5.41, 5.74) is 2.73. The van der Waals surface area contributed by atoms with Crippen molar-refractivity contribution in [2.75, 3.05) is 25.7 Å². The predicted molar refractivity (Wildman–Crippen MR) is 90.8 cm³/mol. The van der Waals surface area contributed by atoms with Crippen LogP contribution < -0.4 is 9.64 Å². The Morgan fingerprint density at radius 3 is 2.62 bits per heavy atom. The molecule has 0 spiro atoms. The number of anilines is 1. The number of esters is 1. The second kappa shape index (κ2) is 6.74. The van der Waals surface area contributed by atoms with Gasteiger partial charge in [-0.05, 0) is 48.7 Å². The molecule has 2 aromatic carbocycles. The van der Waals surface area contributed by atoms with Crippen LogP contribution in [0.5, 0.6) is 5.75 Å². The number of rotatable bonds is 3. The van der Waals surface area contributed by atoms with E-state index in [2.05, 4.69) is 0 Å². The predicted octanol–water partition coefficient (Wildman–Crippen LogP) is 3.07. The quantitative estimate of drug-likeness (QED) is 0.814. The number of benzene rings is 2. The molecule has 2 aromatic rings. The van der Waals surface area contributed by atoms with Gasteiger partial charge in [-0.1, -0.05) is 12.1 Å². The van der Waals surface area contributed by atoms with Gasteiger partial charge in [-0.15, -0.1) is 0 Å². The van der Waals surface area contributed by atoms with Crippen molar-refractivity contribution in [3.63, 3.8) is 0 Å². The van der Waals surface area contributed by atoms with E-state index in [1.165, 1.54) is 7.11 Å². The fourth-order valence-electron chi connectivity index (χ4n) is 3.05. The van der Waals surface area contributed by atoms with Gasteiger partial charge in [0.1, 0.15) is 5.75 Å². The Kier molecular flexibility index (Phi) is 4.51. The minimum atomic E-state index is -0.373. The highest BCUT2D eigenvalue weighted by Crippen LogP contribution is 2.31. The molecule has 5 nitrogen and oxygen atoms in total. The zero-order valence-electron chi connectivity index (χ0n) is 13.7. The molecule has 1 aliphatic heterocycles. The first kappa shape index (κ1) is 16.1. The number of amides is 1. The van der Waals surface area contributed by atoms with Gasteiger partial charge < -0.3 is 14.4 Å². The van der Waals surface area contributed by atoms with Gasteiger partial charge in [0, 0.05) is 17.8 Å². The first-order valence-corrected chi connectivity index (χ1v) is 7.82. The third kappa shape index (κ3) is 2.85. The minimum absolute atomic E-state index is 0.100. The maximum atomic E-state index is 12.9. The zero-order chi connectivity index (χ0) is 17.1. The second-order valence-corrected chi connectivity index (χ2v) is 5.59. The normalized spacial score (nSPS) is 13.2. The highest BCUT2D eigenvalue weighted by atomic mass is 16.5. The molecule has 0 saturated heterocycles. The lowest BCUT2D eigenvalue weighted by Crippen LogP contribution is -2.36. The van der Waals surface area contributed by atoms with E-state index < -0.39 is 0 Å². The smallest absolute Gasteiger partial charge is 0.338 e. The second-order valence-electron chi connectivity index (χ2n) is 5.59. The number of carbonyl (C=O) groups is 2.